The van der Waals surface area contributed by atoms with Gasteiger partial charge in [-0.05, 0) is 75.1 Å². The molecule has 5 aromatic rings. The first-order chi connectivity index (χ1) is 19.0. The van der Waals surface area contributed by atoms with Crippen LogP contribution >= 0.6 is 0 Å². The number of piperidine rings is 1. The zero-order valence-electron chi connectivity index (χ0n) is 21.8. The van der Waals surface area contributed by atoms with Crippen LogP contribution < -0.4 is 20.1 Å². The Bertz CT molecular complexity index is 1690. The maximum atomic E-state index is 15.5. The van der Waals surface area contributed by atoms with Gasteiger partial charge in [0, 0.05) is 36.1 Å². The number of hydrogen-bond acceptors (Lipinski definition) is 7. The lowest BCUT2D eigenvalue weighted by molar-refractivity contribution is 0.137. The molecule has 9 heteroatoms. The van der Waals surface area contributed by atoms with Gasteiger partial charge in [0.15, 0.2) is 5.82 Å². The van der Waals surface area contributed by atoms with Gasteiger partial charge in [0.2, 0.25) is 0 Å². The van der Waals surface area contributed by atoms with E-state index in [1.165, 1.54) is 19.2 Å². The lowest BCUT2D eigenvalue weighted by Gasteiger charge is -2.29. The van der Waals surface area contributed by atoms with Crippen molar-refractivity contribution < 1.29 is 13.9 Å². The van der Waals surface area contributed by atoms with Crippen molar-refractivity contribution in [2.75, 3.05) is 5.32 Å². The van der Waals surface area contributed by atoms with Gasteiger partial charge < -0.3 is 24.7 Å². The summed E-state index contributed by atoms with van der Waals surface area (Å²) >= 11 is 0. The van der Waals surface area contributed by atoms with Gasteiger partial charge >= 0.3 is 0 Å². The van der Waals surface area contributed by atoms with Crippen LogP contribution in [0.2, 0.25) is 0 Å². The molecule has 0 amide bonds. The normalized spacial score (nSPS) is 20.4. The molecule has 2 aliphatic heterocycles. The fourth-order valence-corrected chi connectivity index (χ4v) is 5.81. The molecule has 198 valence electrons. The standard InChI is InChI=1S/C30H29FN6O2/c1-17-28(39-21-6-9-27-26(14-21)34-16-37(27)2)10-8-25(29(17)31)36-30-23-13-20(5-7-24(23)32-15-33-30)38-22-11-18-3-4-19(12-22)35-18/h5-10,13-16,18-19,22,35H,3-4,11-12H2,1-2H3,(H,32,33,36). The first kappa shape index (κ1) is 23.8. The predicted molar refractivity (Wildman–Crippen MR) is 148 cm³/mol. The Labute approximate surface area is 225 Å². The second-order valence-corrected chi connectivity index (χ2v) is 10.5. The van der Waals surface area contributed by atoms with E-state index in [0.717, 1.165) is 40.5 Å². The second-order valence-electron chi connectivity index (χ2n) is 10.5. The van der Waals surface area contributed by atoms with Gasteiger partial charge in [-0.1, -0.05) is 0 Å². The SMILES string of the molecule is Cc1c(Oc2ccc3c(c2)ncn3C)ccc(Nc2ncnc3ccc(OC4CC5CCC(C4)N5)cc23)c1F. The Balaban J connectivity index is 1.13. The molecule has 2 N–H and O–H groups in total. The molecule has 4 heterocycles. The molecule has 2 saturated heterocycles. The smallest absolute Gasteiger partial charge is 0.153 e. The summed E-state index contributed by atoms with van der Waals surface area (Å²) in [6, 6.07) is 16.0. The molecular weight excluding hydrogens is 495 g/mol. The molecule has 7 rings (SSSR count). The number of nitrogens with zero attached hydrogens (tertiary/aromatic N) is 4. The third-order valence-corrected chi connectivity index (χ3v) is 7.85. The molecule has 0 spiro atoms. The molecule has 0 saturated carbocycles. The van der Waals surface area contributed by atoms with Crippen LogP contribution in [0.1, 0.15) is 31.2 Å². The van der Waals surface area contributed by atoms with Crippen LogP contribution in [0.15, 0.2) is 61.2 Å². The summed E-state index contributed by atoms with van der Waals surface area (Å²) < 4.78 is 29.9. The highest BCUT2D eigenvalue weighted by atomic mass is 19.1. The Morgan fingerprint density at radius 2 is 1.77 bits per heavy atom. The van der Waals surface area contributed by atoms with Crippen LogP contribution in [0.5, 0.6) is 17.2 Å². The van der Waals surface area contributed by atoms with E-state index in [2.05, 4.69) is 25.6 Å². The van der Waals surface area contributed by atoms with Crippen LogP contribution in [0.25, 0.3) is 21.9 Å². The highest BCUT2D eigenvalue weighted by molar-refractivity contribution is 5.91. The van der Waals surface area contributed by atoms with Crippen molar-refractivity contribution in [1.29, 1.82) is 0 Å². The average Bonchev–Trinajstić information content (AvgIpc) is 3.48. The van der Waals surface area contributed by atoms with Gasteiger partial charge in [0.25, 0.3) is 0 Å². The highest BCUT2D eigenvalue weighted by Crippen LogP contribution is 2.35. The molecule has 8 nitrogen and oxygen atoms in total. The van der Waals surface area contributed by atoms with Crippen molar-refractivity contribution in [3.8, 4) is 17.2 Å². The summed E-state index contributed by atoms with van der Waals surface area (Å²) in [5.74, 6) is 1.92. The number of imidazole rings is 1. The van der Waals surface area contributed by atoms with Crippen molar-refractivity contribution in [3.05, 3.63) is 72.6 Å². The lowest BCUT2D eigenvalue weighted by Crippen LogP contribution is -2.42. The molecule has 2 bridgehead atoms. The van der Waals surface area contributed by atoms with Crippen molar-refractivity contribution in [2.45, 2.75) is 50.8 Å². The number of anilines is 2. The maximum absolute atomic E-state index is 15.5. The van der Waals surface area contributed by atoms with Crippen LogP contribution in [0.3, 0.4) is 0 Å². The van der Waals surface area contributed by atoms with Gasteiger partial charge in [-0.2, -0.15) is 0 Å². The van der Waals surface area contributed by atoms with E-state index >= 15 is 4.39 Å². The molecule has 2 aromatic heterocycles. The van der Waals surface area contributed by atoms with Crippen LogP contribution in [0, 0.1) is 12.7 Å². The molecule has 0 aliphatic carbocycles. The summed E-state index contributed by atoms with van der Waals surface area (Å²) in [6.45, 7) is 1.70. The number of aromatic nitrogens is 4. The Morgan fingerprint density at radius 1 is 0.949 bits per heavy atom. The van der Waals surface area contributed by atoms with Crippen LogP contribution in [-0.2, 0) is 7.05 Å². The van der Waals surface area contributed by atoms with Gasteiger partial charge in [-0.25, -0.2) is 19.3 Å². The largest absolute Gasteiger partial charge is 0.490 e. The molecule has 0 radical (unpaired) electrons. The minimum atomic E-state index is -0.407. The number of fused-ring (bicyclic) bond motifs is 4. The van der Waals surface area contributed by atoms with Crippen molar-refractivity contribution >= 4 is 33.4 Å². The third kappa shape index (κ3) is 4.52. The number of ether oxygens (including phenoxy) is 2. The minimum Gasteiger partial charge on any atom is -0.490 e. The van der Waals surface area contributed by atoms with Gasteiger partial charge in [0.1, 0.15) is 35.5 Å². The molecule has 39 heavy (non-hydrogen) atoms. The van der Waals surface area contributed by atoms with E-state index in [4.69, 9.17) is 9.47 Å². The summed E-state index contributed by atoms with van der Waals surface area (Å²) in [5, 5.41) is 7.59. The topological polar surface area (TPSA) is 86.1 Å². The summed E-state index contributed by atoms with van der Waals surface area (Å²) in [4.78, 5) is 13.2. The monoisotopic (exact) mass is 524 g/mol. The number of rotatable bonds is 6. The van der Waals surface area contributed by atoms with Crippen molar-refractivity contribution in [3.63, 3.8) is 0 Å². The Hall–Kier alpha value is -4.24. The van der Waals surface area contributed by atoms with Gasteiger partial charge in [-0.15, -0.1) is 0 Å². The molecule has 2 unspecified atom stereocenters. The molecule has 3 aromatic carbocycles. The number of nitrogens with one attached hydrogen (secondary N) is 2. The summed E-state index contributed by atoms with van der Waals surface area (Å²) in [5.41, 5.74) is 3.27. The number of aryl methyl sites for hydroxylation is 1. The van der Waals surface area contributed by atoms with Crippen molar-refractivity contribution in [1.82, 2.24) is 24.8 Å². The minimum absolute atomic E-state index is 0.188. The van der Waals surface area contributed by atoms with E-state index in [-0.39, 0.29) is 6.10 Å². The van der Waals surface area contributed by atoms with E-state index in [0.29, 0.717) is 40.7 Å². The third-order valence-electron chi connectivity index (χ3n) is 7.85. The van der Waals surface area contributed by atoms with Crippen LogP contribution in [0.4, 0.5) is 15.9 Å². The number of hydrogen-bond donors (Lipinski definition) is 2. The zero-order valence-corrected chi connectivity index (χ0v) is 21.8. The summed E-state index contributed by atoms with van der Waals surface area (Å²) in [6.07, 6.45) is 7.89. The quantitative estimate of drug-likeness (QED) is 0.275. The lowest BCUT2D eigenvalue weighted by atomic mass is 10.0. The van der Waals surface area contributed by atoms with E-state index in [1.807, 2.05) is 48.0 Å². The van der Waals surface area contributed by atoms with Gasteiger partial charge in [-0.3, -0.25) is 0 Å². The Kier molecular flexibility index (Phi) is 5.81. The van der Waals surface area contributed by atoms with E-state index in [1.54, 1.807) is 25.4 Å². The van der Waals surface area contributed by atoms with E-state index < -0.39 is 5.82 Å². The first-order valence-corrected chi connectivity index (χ1v) is 13.3. The molecule has 2 fully saturated rings. The van der Waals surface area contributed by atoms with Crippen LogP contribution in [-0.4, -0.2) is 37.7 Å². The second kappa shape index (κ2) is 9.50. The maximum Gasteiger partial charge on any atom is 0.153 e. The first-order valence-electron chi connectivity index (χ1n) is 13.3. The van der Waals surface area contributed by atoms with Gasteiger partial charge in [0.05, 0.1) is 28.6 Å². The molecule has 2 aliphatic rings. The fourth-order valence-electron chi connectivity index (χ4n) is 5.81. The average molecular weight is 525 g/mol. The Morgan fingerprint density at radius 3 is 2.62 bits per heavy atom. The molecular formula is C30H29FN6O2. The number of halogens is 1. The predicted octanol–water partition coefficient (Wildman–Crippen LogP) is 6.16. The zero-order chi connectivity index (χ0) is 26.5. The van der Waals surface area contributed by atoms with E-state index in [9.17, 15) is 0 Å². The van der Waals surface area contributed by atoms with Crippen molar-refractivity contribution in [2.24, 2.45) is 7.05 Å². The fraction of sp³-hybridized carbons (Fsp3) is 0.300. The molecule has 2 atom stereocenters. The number of benzene rings is 3. The highest BCUT2D eigenvalue weighted by Gasteiger charge is 2.34. The summed E-state index contributed by atoms with van der Waals surface area (Å²) in [7, 11) is 1.94.